The van der Waals surface area contributed by atoms with Crippen LogP contribution < -0.4 is 0 Å². The van der Waals surface area contributed by atoms with E-state index in [1.54, 1.807) is 0 Å². The van der Waals surface area contributed by atoms with Crippen LogP contribution in [0.5, 0.6) is 0 Å². The van der Waals surface area contributed by atoms with Crippen molar-refractivity contribution >= 4 is 11.8 Å². The largest absolute Gasteiger partial charge is 0.342 e. The van der Waals surface area contributed by atoms with Gasteiger partial charge in [0.25, 0.3) is 0 Å². The number of carbonyl (C=O) groups excluding carboxylic acids is 2. The van der Waals surface area contributed by atoms with Crippen LogP contribution in [0.3, 0.4) is 0 Å². The lowest BCUT2D eigenvalue weighted by atomic mass is 9.93. The van der Waals surface area contributed by atoms with Gasteiger partial charge in [-0.25, -0.2) is 0 Å². The van der Waals surface area contributed by atoms with Gasteiger partial charge in [0.15, 0.2) is 0 Å². The fraction of sp³-hybridized carbons (Fsp3) is 0.889. The van der Waals surface area contributed by atoms with Crippen molar-refractivity contribution in [2.24, 2.45) is 11.8 Å². The number of amides is 2. The number of hydrogen-bond donors (Lipinski definition) is 0. The van der Waals surface area contributed by atoms with Gasteiger partial charge in [-0.1, -0.05) is 26.7 Å². The van der Waals surface area contributed by atoms with E-state index in [-0.39, 0.29) is 11.8 Å². The molecule has 22 heavy (non-hydrogen) atoms. The summed E-state index contributed by atoms with van der Waals surface area (Å²) in [6, 6.07) is 0. The van der Waals surface area contributed by atoms with Crippen LogP contribution in [-0.2, 0) is 9.59 Å². The second-order valence-electron chi connectivity index (χ2n) is 6.85. The minimum absolute atomic E-state index is 0.142. The zero-order valence-corrected chi connectivity index (χ0v) is 14.4. The highest BCUT2D eigenvalue weighted by molar-refractivity contribution is 5.81. The molecule has 0 aliphatic carbocycles. The fourth-order valence-electron chi connectivity index (χ4n) is 3.79. The van der Waals surface area contributed by atoms with Crippen molar-refractivity contribution in [1.82, 2.24) is 9.80 Å². The third kappa shape index (κ3) is 4.23. The third-order valence-electron chi connectivity index (χ3n) is 5.41. The smallest absolute Gasteiger partial charge is 0.225 e. The minimum Gasteiger partial charge on any atom is -0.342 e. The maximum absolute atomic E-state index is 12.7. The summed E-state index contributed by atoms with van der Waals surface area (Å²) in [5.74, 6) is 0.948. The Morgan fingerprint density at radius 1 is 0.864 bits per heavy atom. The van der Waals surface area contributed by atoms with Gasteiger partial charge in [-0.15, -0.1) is 0 Å². The molecule has 2 saturated heterocycles. The van der Waals surface area contributed by atoms with E-state index in [0.29, 0.717) is 11.8 Å². The van der Waals surface area contributed by atoms with Crippen LogP contribution in [-0.4, -0.2) is 47.8 Å². The summed E-state index contributed by atoms with van der Waals surface area (Å²) in [5, 5.41) is 0. The van der Waals surface area contributed by atoms with Crippen LogP contribution >= 0.6 is 0 Å². The molecule has 0 aromatic rings. The molecule has 0 N–H and O–H groups in total. The molecular formula is C18H32N2O2. The molecule has 2 aliphatic rings. The molecule has 0 radical (unpaired) electrons. The van der Waals surface area contributed by atoms with E-state index in [0.717, 1.165) is 64.7 Å². The average molecular weight is 308 g/mol. The van der Waals surface area contributed by atoms with E-state index in [1.165, 1.54) is 12.8 Å². The van der Waals surface area contributed by atoms with Crippen LogP contribution in [0.1, 0.15) is 65.2 Å². The molecule has 2 rings (SSSR count). The van der Waals surface area contributed by atoms with Crippen molar-refractivity contribution in [2.75, 3.05) is 26.2 Å². The van der Waals surface area contributed by atoms with Gasteiger partial charge in [-0.05, 0) is 38.5 Å². The highest BCUT2D eigenvalue weighted by Crippen LogP contribution is 2.23. The van der Waals surface area contributed by atoms with Crippen LogP contribution in [0.15, 0.2) is 0 Å². The van der Waals surface area contributed by atoms with Crippen molar-refractivity contribution in [1.29, 1.82) is 0 Å². The predicted octanol–water partition coefficient (Wildman–Crippen LogP) is 3.06. The van der Waals surface area contributed by atoms with E-state index in [4.69, 9.17) is 0 Å². The Morgan fingerprint density at radius 3 is 1.91 bits per heavy atom. The van der Waals surface area contributed by atoms with E-state index in [2.05, 4.69) is 18.7 Å². The first-order chi connectivity index (χ1) is 10.7. The van der Waals surface area contributed by atoms with Gasteiger partial charge in [0.05, 0.1) is 0 Å². The number of piperidine rings is 1. The Kier molecular flexibility index (Phi) is 6.71. The summed E-state index contributed by atoms with van der Waals surface area (Å²) in [7, 11) is 0. The molecule has 2 fully saturated rings. The van der Waals surface area contributed by atoms with Crippen LogP contribution in [0.25, 0.3) is 0 Å². The van der Waals surface area contributed by atoms with E-state index in [9.17, 15) is 9.59 Å². The number of nitrogens with zero attached hydrogens (tertiary/aromatic N) is 2. The number of likely N-dealkylation sites (tertiary alicyclic amines) is 2. The highest BCUT2D eigenvalue weighted by Gasteiger charge is 2.31. The molecule has 0 atom stereocenters. The molecule has 2 heterocycles. The quantitative estimate of drug-likeness (QED) is 0.801. The summed E-state index contributed by atoms with van der Waals surface area (Å²) in [6.07, 6.45) is 8.35. The first-order valence-electron chi connectivity index (χ1n) is 9.24. The molecule has 0 spiro atoms. The third-order valence-corrected chi connectivity index (χ3v) is 5.41. The normalized spacial score (nSPS) is 21.0. The van der Waals surface area contributed by atoms with Crippen molar-refractivity contribution in [2.45, 2.75) is 65.2 Å². The highest BCUT2D eigenvalue weighted by atomic mass is 16.2. The predicted molar refractivity (Wildman–Crippen MR) is 88.4 cm³/mol. The molecule has 0 aromatic heterocycles. The molecule has 0 unspecified atom stereocenters. The van der Waals surface area contributed by atoms with Gasteiger partial charge in [-0.2, -0.15) is 0 Å². The number of carbonyl (C=O) groups is 2. The monoisotopic (exact) mass is 308 g/mol. The molecule has 0 bridgehead atoms. The van der Waals surface area contributed by atoms with Gasteiger partial charge in [-0.3, -0.25) is 9.59 Å². The summed E-state index contributed by atoms with van der Waals surface area (Å²) in [5.41, 5.74) is 0. The van der Waals surface area contributed by atoms with Crippen molar-refractivity contribution < 1.29 is 9.59 Å². The Bertz CT molecular complexity index is 363. The van der Waals surface area contributed by atoms with Crippen LogP contribution in [0, 0.1) is 11.8 Å². The average Bonchev–Trinajstić information content (AvgIpc) is 2.84. The number of rotatable bonds is 4. The van der Waals surface area contributed by atoms with Crippen LogP contribution in [0.2, 0.25) is 0 Å². The lowest BCUT2D eigenvalue weighted by Crippen LogP contribution is -2.46. The lowest BCUT2D eigenvalue weighted by molar-refractivity contribution is -0.142. The van der Waals surface area contributed by atoms with Gasteiger partial charge >= 0.3 is 0 Å². The zero-order chi connectivity index (χ0) is 15.9. The first kappa shape index (κ1) is 17.3. The maximum Gasteiger partial charge on any atom is 0.225 e. The molecule has 0 saturated carbocycles. The van der Waals surface area contributed by atoms with E-state index in [1.807, 2.05) is 4.90 Å². The summed E-state index contributed by atoms with van der Waals surface area (Å²) < 4.78 is 0. The minimum atomic E-state index is 0.142. The summed E-state index contributed by atoms with van der Waals surface area (Å²) >= 11 is 0. The van der Waals surface area contributed by atoms with Crippen molar-refractivity contribution in [3.63, 3.8) is 0 Å². The standard InChI is InChI=1S/C18H32N2O2/c1-3-15(4-2)17(21)20-13-9-16(10-14-20)18(22)19-11-7-5-6-8-12-19/h15-16H,3-14H2,1-2H3. The summed E-state index contributed by atoms with van der Waals surface area (Å²) in [6.45, 7) is 7.57. The summed E-state index contributed by atoms with van der Waals surface area (Å²) in [4.78, 5) is 29.1. The van der Waals surface area contributed by atoms with Gasteiger partial charge in [0.1, 0.15) is 0 Å². The molecule has 4 heteroatoms. The first-order valence-corrected chi connectivity index (χ1v) is 9.24. The molecule has 126 valence electrons. The second kappa shape index (κ2) is 8.54. The van der Waals surface area contributed by atoms with Gasteiger partial charge in [0.2, 0.25) is 11.8 Å². The Hall–Kier alpha value is -1.06. The molecule has 0 aromatic carbocycles. The lowest BCUT2D eigenvalue weighted by Gasteiger charge is -2.35. The Morgan fingerprint density at radius 2 is 1.41 bits per heavy atom. The van der Waals surface area contributed by atoms with Crippen molar-refractivity contribution in [3.05, 3.63) is 0 Å². The maximum atomic E-state index is 12.7. The topological polar surface area (TPSA) is 40.6 Å². The Balaban J connectivity index is 1.83. The molecular weight excluding hydrogens is 276 g/mol. The van der Waals surface area contributed by atoms with E-state index < -0.39 is 0 Å². The van der Waals surface area contributed by atoms with Crippen molar-refractivity contribution in [3.8, 4) is 0 Å². The van der Waals surface area contributed by atoms with E-state index >= 15 is 0 Å². The second-order valence-corrected chi connectivity index (χ2v) is 6.85. The fourth-order valence-corrected chi connectivity index (χ4v) is 3.79. The SMILES string of the molecule is CCC(CC)C(=O)N1CCC(C(=O)N2CCCCCC2)CC1. The van der Waals surface area contributed by atoms with Gasteiger partial charge < -0.3 is 9.80 Å². The van der Waals surface area contributed by atoms with Gasteiger partial charge in [0, 0.05) is 38.0 Å². The molecule has 2 amide bonds. The van der Waals surface area contributed by atoms with Crippen LogP contribution in [0.4, 0.5) is 0 Å². The Labute approximate surface area is 135 Å². The number of hydrogen-bond acceptors (Lipinski definition) is 2. The molecule has 2 aliphatic heterocycles. The molecule has 4 nitrogen and oxygen atoms in total. The zero-order valence-electron chi connectivity index (χ0n) is 14.4.